The van der Waals surface area contributed by atoms with Crippen molar-refractivity contribution in [1.82, 2.24) is 10.2 Å². The molecule has 1 amide bonds. The molecule has 2 aromatic heterocycles. The van der Waals surface area contributed by atoms with E-state index in [9.17, 15) is 14.9 Å². The monoisotopic (exact) mass is 420 g/mol. The molecule has 10 heteroatoms. The third kappa shape index (κ3) is 4.37. The first-order chi connectivity index (χ1) is 12.0. The van der Waals surface area contributed by atoms with E-state index in [4.69, 9.17) is 4.42 Å². The maximum absolute atomic E-state index is 11.9. The third-order valence-electron chi connectivity index (χ3n) is 2.97. The highest BCUT2D eigenvalue weighted by Crippen LogP contribution is 2.30. The molecule has 8 nitrogen and oxygen atoms in total. The number of carbonyl (C=O) groups is 1. The van der Waals surface area contributed by atoms with Crippen LogP contribution in [0.15, 0.2) is 50.7 Å². The van der Waals surface area contributed by atoms with Gasteiger partial charge in [0.15, 0.2) is 0 Å². The molecule has 3 aromatic rings. The van der Waals surface area contributed by atoms with Crippen molar-refractivity contribution in [3.05, 3.63) is 61.9 Å². The Bertz CT molecular complexity index is 949. The van der Waals surface area contributed by atoms with Crippen LogP contribution in [0.2, 0.25) is 0 Å². The minimum absolute atomic E-state index is 0.0137. The topological polar surface area (TPSA) is 111 Å². The first-order valence-corrected chi connectivity index (χ1v) is 8.45. The third-order valence-corrected chi connectivity index (χ3v) is 4.58. The number of nitrogens with one attached hydrogen (secondary N) is 1. The molecule has 0 spiro atoms. The number of halogens is 1. The molecule has 0 aliphatic rings. The van der Waals surface area contributed by atoms with Crippen LogP contribution in [0.25, 0.3) is 16.8 Å². The van der Waals surface area contributed by atoms with Crippen LogP contribution in [0, 0.1) is 10.1 Å². The van der Waals surface area contributed by atoms with Crippen LogP contribution in [-0.4, -0.2) is 21.0 Å². The lowest BCUT2D eigenvalue weighted by Gasteiger charge is -1.95. The fraction of sp³-hybridized carbons (Fsp3) is 0. The van der Waals surface area contributed by atoms with Gasteiger partial charge in [0, 0.05) is 18.2 Å². The molecule has 0 saturated carbocycles. The van der Waals surface area contributed by atoms with E-state index in [1.165, 1.54) is 35.6 Å². The molecule has 25 heavy (non-hydrogen) atoms. The number of nitro benzene ring substituents is 1. The smallest absolute Gasteiger partial charge is 0.322 e. The summed E-state index contributed by atoms with van der Waals surface area (Å²) in [6.07, 6.45) is 2.79. The highest BCUT2D eigenvalue weighted by Gasteiger charge is 2.11. The first-order valence-electron chi connectivity index (χ1n) is 6.84. The summed E-state index contributed by atoms with van der Waals surface area (Å²) in [5.41, 5.74) is 0.635. The lowest BCUT2D eigenvalue weighted by atomic mass is 10.2. The molecule has 0 atom stereocenters. The van der Waals surface area contributed by atoms with Crippen molar-refractivity contribution in [2.45, 2.75) is 0 Å². The molecule has 0 aliphatic heterocycles. The van der Waals surface area contributed by atoms with E-state index in [1.54, 1.807) is 12.1 Å². The van der Waals surface area contributed by atoms with Crippen LogP contribution in [-0.2, 0) is 4.79 Å². The van der Waals surface area contributed by atoms with Gasteiger partial charge >= 0.3 is 6.01 Å². The largest absolute Gasteiger partial charge is 0.402 e. The number of anilines is 1. The molecule has 0 bridgehead atoms. The Labute approximate surface area is 153 Å². The maximum atomic E-state index is 11.9. The Morgan fingerprint density at radius 3 is 2.64 bits per heavy atom. The van der Waals surface area contributed by atoms with Crippen molar-refractivity contribution in [2.75, 3.05) is 5.32 Å². The average Bonchev–Trinajstić information content (AvgIpc) is 3.22. The van der Waals surface area contributed by atoms with Gasteiger partial charge in [0.2, 0.25) is 0 Å². The number of amides is 1. The van der Waals surface area contributed by atoms with Crippen molar-refractivity contribution in [3.8, 4) is 10.8 Å². The lowest BCUT2D eigenvalue weighted by Crippen LogP contribution is -2.07. The summed E-state index contributed by atoms with van der Waals surface area (Å²) in [5, 5.41) is 20.7. The number of carbonyl (C=O) groups excluding carboxylic acids is 1. The van der Waals surface area contributed by atoms with Crippen LogP contribution in [0.3, 0.4) is 0 Å². The fourth-order valence-corrected chi connectivity index (χ4v) is 3.14. The lowest BCUT2D eigenvalue weighted by molar-refractivity contribution is -0.384. The highest BCUT2D eigenvalue weighted by atomic mass is 79.9. The zero-order valence-corrected chi connectivity index (χ0v) is 14.8. The quantitative estimate of drug-likeness (QED) is 0.377. The Hall–Kier alpha value is -2.85. The standard InChI is InChI=1S/C15H9BrN4O4S/c16-12-7-6-11(25-12)14-18-19-15(24-14)17-13(21)8-3-9-1-4-10(5-2-9)20(22)23/h1-8H,(H,17,19,21). The number of nitrogens with zero attached hydrogens (tertiary/aromatic N) is 3. The number of nitro groups is 1. The van der Waals surface area contributed by atoms with Crippen molar-refractivity contribution < 1.29 is 14.1 Å². The Morgan fingerprint density at radius 2 is 2.00 bits per heavy atom. The summed E-state index contributed by atoms with van der Waals surface area (Å²) in [6, 6.07) is 9.47. The summed E-state index contributed by atoms with van der Waals surface area (Å²) in [6.45, 7) is 0. The summed E-state index contributed by atoms with van der Waals surface area (Å²) in [5.74, 6) is -0.147. The van der Waals surface area contributed by atoms with Gasteiger partial charge in [0.25, 0.3) is 17.5 Å². The molecule has 0 radical (unpaired) electrons. The van der Waals surface area contributed by atoms with E-state index in [1.807, 2.05) is 12.1 Å². The van der Waals surface area contributed by atoms with Crippen LogP contribution in [0.5, 0.6) is 0 Å². The molecular weight excluding hydrogens is 412 g/mol. The molecular formula is C15H9BrN4O4S. The van der Waals surface area contributed by atoms with Crippen molar-refractivity contribution in [1.29, 1.82) is 0 Å². The van der Waals surface area contributed by atoms with Crippen LogP contribution >= 0.6 is 27.3 Å². The Morgan fingerprint density at radius 1 is 1.24 bits per heavy atom. The normalized spacial score (nSPS) is 10.9. The van der Waals surface area contributed by atoms with E-state index in [0.29, 0.717) is 11.5 Å². The summed E-state index contributed by atoms with van der Waals surface area (Å²) < 4.78 is 6.30. The van der Waals surface area contributed by atoms with E-state index >= 15 is 0 Å². The van der Waals surface area contributed by atoms with E-state index in [2.05, 4.69) is 31.4 Å². The summed E-state index contributed by atoms with van der Waals surface area (Å²) >= 11 is 4.77. The second-order valence-electron chi connectivity index (χ2n) is 4.69. The number of benzene rings is 1. The average molecular weight is 421 g/mol. The maximum Gasteiger partial charge on any atom is 0.322 e. The molecule has 126 valence electrons. The zero-order chi connectivity index (χ0) is 17.8. The van der Waals surface area contributed by atoms with E-state index < -0.39 is 10.8 Å². The van der Waals surface area contributed by atoms with Crippen LogP contribution in [0.4, 0.5) is 11.7 Å². The number of hydrogen-bond donors (Lipinski definition) is 1. The molecule has 0 aliphatic carbocycles. The fourth-order valence-electron chi connectivity index (χ4n) is 1.83. The van der Waals surface area contributed by atoms with Gasteiger partial charge in [-0.05, 0) is 51.8 Å². The van der Waals surface area contributed by atoms with Crippen LogP contribution in [0.1, 0.15) is 5.56 Å². The molecule has 2 heterocycles. The number of hydrogen-bond acceptors (Lipinski definition) is 7. The molecule has 3 rings (SSSR count). The molecule has 0 saturated heterocycles. The van der Waals surface area contributed by atoms with Gasteiger partial charge in [-0.2, -0.15) is 0 Å². The molecule has 0 fully saturated rings. The summed E-state index contributed by atoms with van der Waals surface area (Å²) in [7, 11) is 0. The van der Waals surface area contributed by atoms with E-state index in [0.717, 1.165) is 8.66 Å². The van der Waals surface area contributed by atoms with Gasteiger partial charge < -0.3 is 4.42 Å². The second kappa shape index (κ2) is 7.36. The van der Waals surface area contributed by atoms with Crippen LogP contribution < -0.4 is 5.32 Å². The zero-order valence-electron chi connectivity index (χ0n) is 12.4. The minimum atomic E-state index is -0.487. The van der Waals surface area contributed by atoms with Crippen molar-refractivity contribution in [2.24, 2.45) is 0 Å². The molecule has 0 unspecified atom stereocenters. The van der Waals surface area contributed by atoms with Gasteiger partial charge in [0.1, 0.15) is 0 Å². The number of aromatic nitrogens is 2. The van der Waals surface area contributed by atoms with E-state index in [-0.39, 0.29) is 11.7 Å². The SMILES string of the molecule is O=C(C=Cc1ccc([N+](=O)[O-])cc1)Nc1nnc(-c2ccc(Br)s2)o1. The Balaban J connectivity index is 1.62. The van der Waals surface area contributed by atoms with Gasteiger partial charge in [-0.15, -0.1) is 16.4 Å². The second-order valence-corrected chi connectivity index (χ2v) is 7.15. The molecule has 1 N–H and O–H groups in total. The molecule has 1 aromatic carbocycles. The minimum Gasteiger partial charge on any atom is -0.402 e. The highest BCUT2D eigenvalue weighted by molar-refractivity contribution is 9.11. The Kier molecular flexibility index (Phi) is 5.00. The van der Waals surface area contributed by atoms with Gasteiger partial charge in [0.05, 0.1) is 13.6 Å². The van der Waals surface area contributed by atoms with Gasteiger partial charge in [-0.1, -0.05) is 5.10 Å². The first kappa shape index (κ1) is 17.0. The summed E-state index contributed by atoms with van der Waals surface area (Å²) in [4.78, 5) is 22.7. The number of rotatable bonds is 5. The number of non-ortho nitro benzene ring substituents is 1. The number of thiophene rings is 1. The van der Waals surface area contributed by atoms with Crippen molar-refractivity contribution >= 4 is 51.0 Å². The predicted octanol–water partition coefficient (Wildman–Crippen LogP) is 4.12. The van der Waals surface area contributed by atoms with Gasteiger partial charge in [-0.25, -0.2) is 0 Å². The van der Waals surface area contributed by atoms with Gasteiger partial charge in [-0.3, -0.25) is 20.2 Å². The predicted molar refractivity (Wildman–Crippen MR) is 96.1 cm³/mol. The van der Waals surface area contributed by atoms with Crippen molar-refractivity contribution in [3.63, 3.8) is 0 Å².